The maximum atomic E-state index is 12.6. The number of allylic oxidation sites excluding steroid dienone is 1. The largest absolute Gasteiger partial charge is 0.528 e. The summed E-state index contributed by atoms with van der Waals surface area (Å²) in [6.45, 7) is 8.76. The van der Waals surface area contributed by atoms with Gasteiger partial charge in [0.25, 0.3) is 0 Å². The van der Waals surface area contributed by atoms with Crippen LogP contribution in [0.4, 0.5) is 0 Å². The van der Waals surface area contributed by atoms with Crippen molar-refractivity contribution in [2.75, 3.05) is 20.4 Å². The van der Waals surface area contributed by atoms with Crippen LogP contribution < -0.4 is 0 Å². The number of hydrogen-bond donors (Lipinski definition) is 0. The molecule has 0 amide bonds. The smallest absolute Gasteiger partial charge is 0.412 e. The van der Waals surface area contributed by atoms with Crippen molar-refractivity contribution in [2.45, 2.75) is 46.8 Å². The lowest BCUT2D eigenvalue weighted by Crippen LogP contribution is -2.10. The number of phosphoric acid groups is 1. The molecule has 0 aliphatic heterocycles. The zero-order chi connectivity index (χ0) is 16.7. The third-order valence-electron chi connectivity index (χ3n) is 2.02. The maximum absolute atomic E-state index is 12.6. The molecule has 0 saturated heterocycles. The first-order valence-electron chi connectivity index (χ1n) is 6.57. The Balaban J connectivity index is 4.92. The molecule has 0 aromatic heterocycles. The zero-order valence-corrected chi connectivity index (χ0v) is 15.5. The molecule has 0 atom stereocenters. The minimum absolute atomic E-state index is 0.0246. The molecular formula is C12H26O7P2. The maximum Gasteiger partial charge on any atom is 0.528 e. The Bertz CT molecular complexity index is 409. The molecule has 0 radical (unpaired) electrons. The second-order valence-corrected chi connectivity index (χ2v) is 8.75. The highest BCUT2D eigenvalue weighted by Gasteiger charge is 2.29. The fourth-order valence-corrected chi connectivity index (χ4v) is 4.20. The number of rotatable bonds is 10. The molecule has 21 heavy (non-hydrogen) atoms. The van der Waals surface area contributed by atoms with Crippen LogP contribution in [-0.4, -0.2) is 32.6 Å². The fourth-order valence-electron chi connectivity index (χ4n) is 1.40. The average molecular weight is 344 g/mol. The van der Waals surface area contributed by atoms with Crippen molar-refractivity contribution >= 4 is 15.4 Å². The molecule has 0 bridgehead atoms. The van der Waals surface area contributed by atoms with E-state index in [1.54, 1.807) is 34.6 Å². The third-order valence-corrected chi connectivity index (χ3v) is 5.65. The Hall–Kier alpha value is -0.160. The Morgan fingerprint density at radius 2 is 1.43 bits per heavy atom. The molecule has 0 fully saturated rings. The minimum Gasteiger partial charge on any atom is -0.412 e. The van der Waals surface area contributed by atoms with E-state index >= 15 is 0 Å². The molecule has 0 aliphatic rings. The van der Waals surface area contributed by atoms with Crippen LogP contribution in [0.25, 0.3) is 0 Å². The molecule has 0 aromatic carbocycles. The SMILES string of the molecule is COP(=O)(OC)O/C=C(\C)CP(=O)(OC(C)C)OC(C)C. The summed E-state index contributed by atoms with van der Waals surface area (Å²) in [7, 11) is -4.49. The third kappa shape index (κ3) is 8.77. The molecule has 7 nitrogen and oxygen atoms in total. The van der Waals surface area contributed by atoms with Crippen LogP contribution >= 0.6 is 15.4 Å². The summed E-state index contributed by atoms with van der Waals surface area (Å²) in [5, 5.41) is 0. The van der Waals surface area contributed by atoms with Crippen LogP contribution in [0.3, 0.4) is 0 Å². The van der Waals surface area contributed by atoms with Crippen LogP contribution in [0.2, 0.25) is 0 Å². The number of phosphoric ester groups is 1. The summed E-state index contributed by atoms with van der Waals surface area (Å²) in [6, 6.07) is 0. The predicted octanol–water partition coefficient (Wildman–Crippen LogP) is 4.35. The molecule has 0 heterocycles. The summed E-state index contributed by atoms with van der Waals surface area (Å²) in [5.41, 5.74) is 0.536. The van der Waals surface area contributed by atoms with Crippen molar-refractivity contribution in [3.8, 4) is 0 Å². The van der Waals surface area contributed by atoms with Crippen LogP contribution in [0.1, 0.15) is 34.6 Å². The summed E-state index contributed by atoms with van der Waals surface area (Å²) in [4.78, 5) is 0. The molecule has 0 aromatic rings. The molecule has 9 heteroatoms. The van der Waals surface area contributed by atoms with Gasteiger partial charge in [-0.15, -0.1) is 0 Å². The highest BCUT2D eigenvalue weighted by Crippen LogP contribution is 2.53. The monoisotopic (exact) mass is 344 g/mol. The highest BCUT2D eigenvalue weighted by molar-refractivity contribution is 7.54. The van der Waals surface area contributed by atoms with Gasteiger partial charge in [0.05, 0.1) is 24.6 Å². The van der Waals surface area contributed by atoms with Crippen LogP contribution in [0.5, 0.6) is 0 Å². The van der Waals surface area contributed by atoms with E-state index in [4.69, 9.17) is 13.6 Å². The Morgan fingerprint density at radius 3 is 1.76 bits per heavy atom. The average Bonchev–Trinajstić information content (AvgIpc) is 2.33. The van der Waals surface area contributed by atoms with Gasteiger partial charge in [-0.1, -0.05) is 0 Å². The van der Waals surface area contributed by atoms with Gasteiger partial charge in [-0.2, -0.15) is 0 Å². The Labute approximate surface area is 127 Å². The Morgan fingerprint density at radius 1 is 1.00 bits per heavy atom. The first-order chi connectivity index (χ1) is 9.56. The van der Waals surface area contributed by atoms with Gasteiger partial charge in [-0.3, -0.25) is 13.6 Å². The second-order valence-electron chi connectivity index (χ2n) is 4.96. The van der Waals surface area contributed by atoms with Crippen molar-refractivity contribution < 1.29 is 31.7 Å². The minimum atomic E-state index is -3.60. The van der Waals surface area contributed by atoms with Crippen molar-refractivity contribution in [2.24, 2.45) is 0 Å². The van der Waals surface area contributed by atoms with Crippen molar-refractivity contribution in [3.05, 3.63) is 11.8 Å². The van der Waals surface area contributed by atoms with E-state index in [1.165, 1.54) is 20.5 Å². The van der Waals surface area contributed by atoms with Crippen LogP contribution in [-0.2, 0) is 31.7 Å². The van der Waals surface area contributed by atoms with E-state index in [-0.39, 0.29) is 18.4 Å². The fraction of sp³-hybridized carbons (Fsp3) is 0.833. The molecule has 126 valence electrons. The molecule has 0 N–H and O–H groups in total. The van der Waals surface area contributed by atoms with Gasteiger partial charge in [-0.05, 0) is 40.2 Å². The molecule has 0 spiro atoms. The summed E-state index contributed by atoms with van der Waals surface area (Å²) < 4.78 is 49.4. The van der Waals surface area contributed by atoms with E-state index in [9.17, 15) is 9.13 Å². The normalized spacial score (nSPS) is 14.0. The quantitative estimate of drug-likeness (QED) is 0.430. The van der Waals surface area contributed by atoms with Gasteiger partial charge >= 0.3 is 15.4 Å². The van der Waals surface area contributed by atoms with Crippen molar-refractivity contribution in [1.82, 2.24) is 0 Å². The molecular weight excluding hydrogens is 318 g/mol. The van der Waals surface area contributed by atoms with Gasteiger partial charge in [0.1, 0.15) is 0 Å². The Kier molecular flexibility index (Phi) is 9.02. The van der Waals surface area contributed by atoms with Crippen molar-refractivity contribution in [3.63, 3.8) is 0 Å². The van der Waals surface area contributed by atoms with E-state index in [1.807, 2.05) is 0 Å². The van der Waals surface area contributed by atoms with E-state index in [2.05, 4.69) is 9.05 Å². The molecule has 0 unspecified atom stereocenters. The lowest BCUT2D eigenvalue weighted by Gasteiger charge is -2.23. The highest BCUT2D eigenvalue weighted by atomic mass is 31.2. The van der Waals surface area contributed by atoms with Crippen molar-refractivity contribution in [1.29, 1.82) is 0 Å². The van der Waals surface area contributed by atoms with Gasteiger partial charge in [-0.25, -0.2) is 4.57 Å². The van der Waals surface area contributed by atoms with Gasteiger partial charge < -0.3 is 13.6 Å². The molecule has 0 saturated carbocycles. The van der Waals surface area contributed by atoms with Crippen LogP contribution in [0.15, 0.2) is 11.8 Å². The van der Waals surface area contributed by atoms with Gasteiger partial charge in [0, 0.05) is 14.2 Å². The van der Waals surface area contributed by atoms with E-state index in [0.29, 0.717) is 5.57 Å². The summed E-state index contributed by atoms with van der Waals surface area (Å²) in [6.07, 6.45) is 0.726. The number of hydrogen-bond acceptors (Lipinski definition) is 7. The first kappa shape index (κ1) is 20.8. The zero-order valence-electron chi connectivity index (χ0n) is 13.7. The lowest BCUT2D eigenvalue weighted by atomic mass is 10.4. The van der Waals surface area contributed by atoms with Crippen LogP contribution in [0, 0.1) is 0 Å². The molecule has 0 rings (SSSR count). The standard InChI is InChI=1S/C12H26O7P2/c1-10(2)18-20(13,19-11(3)4)9-12(5)8-17-21(14,15-6)16-7/h8,10-11H,9H2,1-7H3/b12-8+. The summed E-state index contributed by atoms with van der Waals surface area (Å²) >= 11 is 0. The lowest BCUT2D eigenvalue weighted by molar-refractivity contribution is 0.143. The van der Waals surface area contributed by atoms with Gasteiger partial charge in [0.15, 0.2) is 0 Å². The van der Waals surface area contributed by atoms with E-state index in [0.717, 1.165) is 0 Å². The van der Waals surface area contributed by atoms with E-state index < -0.39 is 15.4 Å². The van der Waals surface area contributed by atoms with Gasteiger partial charge in [0.2, 0.25) is 0 Å². The summed E-state index contributed by atoms with van der Waals surface area (Å²) in [5.74, 6) is 0. The second kappa shape index (κ2) is 9.09. The predicted molar refractivity (Wildman–Crippen MR) is 81.4 cm³/mol. The topological polar surface area (TPSA) is 80.3 Å². The molecule has 0 aliphatic carbocycles. The first-order valence-corrected chi connectivity index (χ1v) is 9.76.